The Bertz CT molecular complexity index is 1370. The Morgan fingerprint density at radius 2 is 1.46 bits per heavy atom. The topological polar surface area (TPSA) is 111 Å². The van der Waals surface area contributed by atoms with E-state index in [1.54, 1.807) is 12.1 Å². The lowest BCUT2D eigenvalue weighted by Crippen LogP contribution is -2.48. The quantitative estimate of drug-likeness (QED) is 0.231. The Kier molecular flexibility index (Phi) is 7.47. The van der Waals surface area contributed by atoms with Gasteiger partial charge in [0.25, 0.3) is 5.69 Å². The zero-order chi connectivity index (χ0) is 28.4. The van der Waals surface area contributed by atoms with Crippen LogP contribution in [-0.2, 0) is 28.0 Å². The number of hydrogen-bond donors (Lipinski definition) is 2. The molecule has 0 spiro atoms. The van der Waals surface area contributed by atoms with Crippen LogP contribution in [0.25, 0.3) is 0 Å². The van der Waals surface area contributed by atoms with Crippen LogP contribution >= 0.6 is 0 Å². The van der Waals surface area contributed by atoms with Crippen molar-refractivity contribution in [2.24, 2.45) is 17.8 Å². The first-order chi connectivity index (χ1) is 19.8. The molecule has 8 heteroatoms. The summed E-state index contributed by atoms with van der Waals surface area (Å²) >= 11 is 0. The van der Waals surface area contributed by atoms with Crippen molar-refractivity contribution in [3.8, 4) is 0 Å². The van der Waals surface area contributed by atoms with Gasteiger partial charge >= 0.3 is 6.09 Å². The van der Waals surface area contributed by atoms with Crippen molar-refractivity contribution in [1.82, 2.24) is 5.32 Å². The maximum absolute atomic E-state index is 13.4. The smallest absolute Gasteiger partial charge is 0.408 e. The summed E-state index contributed by atoms with van der Waals surface area (Å²) in [6.45, 7) is 0.0737. The lowest BCUT2D eigenvalue weighted by molar-refractivity contribution is -0.384. The fraction of sp³-hybridized carbons (Fsp3) is 0.394. The van der Waals surface area contributed by atoms with Crippen molar-refractivity contribution in [3.05, 3.63) is 106 Å². The number of hydrogen-bond acceptors (Lipinski definition) is 5. The molecule has 7 rings (SSSR count). The lowest BCUT2D eigenvalue weighted by atomic mass is 9.48. The monoisotopic (exact) mass is 553 g/mol. The predicted octanol–water partition coefficient (Wildman–Crippen LogP) is 6.54. The Labute approximate surface area is 239 Å². The van der Waals surface area contributed by atoms with Gasteiger partial charge in [0.2, 0.25) is 5.91 Å². The van der Waals surface area contributed by atoms with E-state index in [2.05, 4.69) is 22.8 Å². The van der Waals surface area contributed by atoms with E-state index >= 15 is 0 Å². The van der Waals surface area contributed by atoms with Crippen molar-refractivity contribution >= 4 is 23.4 Å². The molecular formula is C33H35N3O5. The Balaban J connectivity index is 1.14. The van der Waals surface area contributed by atoms with Gasteiger partial charge in [0.05, 0.1) is 4.92 Å². The molecule has 0 heterocycles. The molecular weight excluding hydrogens is 518 g/mol. The highest BCUT2D eigenvalue weighted by Gasteiger charge is 2.51. The summed E-state index contributed by atoms with van der Waals surface area (Å²) in [6, 6.07) is 22.6. The molecule has 4 fully saturated rings. The molecule has 41 heavy (non-hydrogen) atoms. The summed E-state index contributed by atoms with van der Waals surface area (Å²) in [7, 11) is 0. The van der Waals surface area contributed by atoms with Gasteiger partial charge in [-0.25, -0.2) is 4.79 Å². The van der Waals surface area contributed by atoms with E-state index in [1.807, 2.05) is 42.5 Å². The standard InChI is InChI=1S/C33H35N3O5/c37-31(34-28-10-8-27(9-11-28)33-18-24-14-25(19-33)16-26(15-24)20-33)30(17-22-6-12-29(13-7-22)36(39)40)35-32(38)41-21-23-4-2-1-3-5-23/h1-13,24-26,30H,14-21H2,(H,34,37)(H,35,38)/t24?,25?,26?,30-,33?/m0/s1. The molecule has 8 nitrogen and oxygen atoms in total. The van der Waals surface area contributed by atoms with Gasteiger partial charge in [-0.05, 0) is 90.5 Å². The van der Waals surface area contributed by atoms with Gasteiger partial charge in [0, 0.05) is 24.2 Å². The molecule has 0 aromatic heterocycles. The van der Waals surface area contributed by atoms with Crippen LogP contribution in [0.3, 0.4) is 0 Å². The summed E-state index contributed by atoms with van der Waals surface area (Å²) in [4.78, 5) is 36.7. The number of ether oxygens (including phenoxy) is 1. The van der Waals surface area contributed by atoms with Gasteiger partial charge in [0.15, 0.2) is 0 Å². The van der Waals surface area contributed by atoms with Crippen LogP contribution in [0.4, 0.5) is 16.2 Å². The van der Waals surface area contributed by atoms with E-state index in [-0.39, 0.29) is 30.0 Å². The SMILES string of the molecule is O=C(N[C@@H](Cc1ccc([N+](=O)[O-])cc1)C(=O)Nc1ccc(C23CC4CC(CC(C4)C2)C3)cc1)OCc1ccccc1. The normalized spacial score (nSPS) is 24.8. The highest BCUT2D eigenvalue weighted by Crippen LogP contribution is 2.60. The number of nitrogens with zero attached hydrogens (tertiary/aromatic N) is 1. The maximum atomic E-state index is 13.4. The van der Waals surface area contributed by atoms with Gasteiger partial charge in [-0.2, -0.15) is 0 Å². The second-order valence-electron chi connectivity index (χ2n) is 12.2. The van der Waals surface area contributed by atoms with Crippen LogP contribution < -0.4 is 10.6 Å². The van der Waals surface area contributed by atoms with Crippen LogP contribution in [0.15, 0.2) is 78.9 Å². The van der Waals surface area contributed by atoms with Crippen molar-refractivity contribution in [2.75, 3.05) is 5.32 Å². The van der Waals surface area contributed by atoms with E-state index in [4.69, 9.17) is 4.74 Å². The minimum Gasteiger partial charge on any atom is -0.445 e. The number of anilines is 1. The van der Waals surface area contributed by atoms with Gasteiger partial charge in [-0.15, -0.1) is 0 Å². The van der Waals surface area contributed by atoms with Crippen molar-refractivity contribution in [1.29, 1.82) is 0 Å². The largest absolute Gasteiger partial charge is 0.445 e. The van der Waals surface area contributed by atoms with Crippen molar-refractivity contribution < 1.29 is 19.2 Å². The molecule has 212 valence electrons. The van der Waals surface area contributed by atoms with Gasteiger partial charge < -0.3 is 15.4 Å². The highest BCUT2D eigenvalue weighted by molar-refractivity contribution is 5.96. The number of nitro benzene ring substituents is 1. The van der Waals surface area contributed by atoms with E-state index in [9.17, 15) is 19.7 Å². The van der Waals surface area contributed by atoms with Crippen LogP contribution in [-0.4, -0.2) is 23.0 Å². The molecule has 2 amide bonds. The van der Waals surface area contributed by atoms with Crippen LogP contribution in [0.2, 0.25) is 0 Å². The minimum absolute atomic E-state index is 0.0379. The minimum atomic E-state index is -0.942. The molecule has 4 bridgehead atoms. The summed E-state index contributed by atoms with van der Waals surface area (Å²) < 4.78 is 5.36. The van der Waals surface area contributed by atoms with Crippen molar-refractivity contribution in [3.63, 3.8) is 0 Å². The molecule has 0 saturated heterocycles. The number of benzene rings is 3. The number of non-ortho nitro benzene ring substituents is 1. The fourth-order valence-corrected chi connectivity index (χ4v) is 7.71. The molecule has 1 atom stereocenters. The lowest BCUT2D eigenvalue weighted by Gasteiger charge is -2.57. The fourth-order valence-electron chi connectivity index (χ4n) is 7.71. The van der Waals surface area contributed by atoms with Crippen LogP contribution in [0, 0.1) is 27.9 Å². The molecule has 4 aliphatic carbocycles. The summed E-state index contributed by atoms with van der Waals surface area (Å²) in [5.74, 6) is 2.18. The number of alkyl carbamates (subject to hydrolysis) is 1. The van der Waals surface area contributed by atoms with E-state index in [0.717, 1.165) is 23.3 Å². The maximum Gasteiger partial charge on any atom is 0.408 e. The average Bonchev–Trinajstić information content (AvgIpc) is 2.96. The zero-order valence-electron chi connectivity index (χ0n) is 23.0. The van der Waals surface area contributed by atoms with Crippen LogP contribution in [0.5, 0.6) is 0 Å². The van der Waals surface area contributed by atoms with Gasteiger partial charge in [-0.1, -0.05) is 54.6 Å². The second kappa shape index (κ2) is 11.4. The van der Waals surface area contributed by atoms with Crippen molar-refractivity contribution in [2.45, 2.75) is 63.0 Å². The molecule has 0 aliphatic heterocycles. The Morgan fingerprint density at radius 3 is 2.05 bits per heavy atom. The third-order valence-electron chi connectivity index (χ3n) is 9.21. The molecule has 3 aromatic carbocycles. The first-order valence-electron chi connectivity index (χ1n) is 14.5. The van der Waals surface area contributed by atoms with E-state index in [0.29, 0.717) is 11.3 Å². The number of amides is 2. The Morgan fingerprint density at radius 1 is 0.854 bits per heavy atom. The molecule has 4 aliphatic rings. The molecule has 3 aromatic rings. The highest BCUT2D eigenvalue weighted by atomic mass is 16.6. The first-order valence-corrected chi connectivity index (χ1v) is 14.5. The first kappa shape index (κ1) is 27.0. The predicted molar refractivity (Wildman–Crippen MR) is 155 cm³/mol. The van der Waals surface area contributed by atoms with E-state index in [1.165, 1.54) is 56.2 Å². The molecule has 0 unspecified atom stereocenters. The number of carbonyl (C=O) groups excluding carboxylic acids is 2. The third-order valence-corrected chi connectivity index (χ3v) is 9.21. The Hall–Kier alpha value is -4.20. The number of nitro groups is 1. The average molecular weight is 554 g/mol. The van der Waals surface area contributed by atoms with Gasteiger partial charge in [-0.3, -0.25) is 14.9 Å². The summed E-state index contributed by atoms with van der Waals surface area (Å²) in [5.41, 5.74) is 3.79. The summed E-state index contributed by atoms with van der Waals surface area (Å²) in [6.07, 6.45) is 7.44. The van der Waals surface area contributed by atoms with E-state index < -0.39 is 17.1 Å². The zero-order valence-corrected chi connectivity index (χ0v) is 23.0. The molecule has 2 N–H and O–H groups in total. The second-order valence-corrected chi connectivity index (χ2v) is 12.2. The van der Waals surface area contributed by atoms with Gasteiger partial charge in [0.1, 0.15) is 12.6 Å². The third kappa shape index (κ3) is 6.11. The molecule has 4 saturated carbocycles. The summed E-state index contributed by atoms with van der Waals surface area (Å²) in [5, 5.41) is 16.7. The van der Waals surface area contributed by atoms with Crippen LogP contribution in [0.1, 0.15) is 55.2 Å². The number of rotatable bonds is 9. The number of carbonyl (C=O) groups is 2. The number of nitrogens with one attached hydrogen (secondary N) is 2. The molecule has 0 radical (unpaired) electrons.